The van der Waals surface area contributed by atoms with Gasteiger partial charge in [-0.1, -0.05) is 27.4 Å². The lowest BCUT2D eigenvalue weighted by Gasteiger charge is -2.65. The van der Waals surface area contributed by atoms with Crippen molar-refractivity contribution in [1.82, 2.24) is 0 Å². The van der Waals surface area contributed by atoms with Crippen molar-refractivity contribution in [3.8, 4) is 0 Å². The minimum Gasteiger partial charge on any atom is -0.455 e. The van der Waals surface area contributed by atoms with Gasteiger partial charge in [0, 0.05) is 17.4 Å². The second kappa shape index (κ2) is 5.39. The molecule has 0 amide bonds. The van der Waals surface area contributed by atoms with Crippen LogP contribution in [0.3, 0.4) is 0 Å². The van der Waals surface area contributed by atoms with E-state index in [-0.39, 0.29) is 11.6 Å². The summed E-state index contributed by atoms with van der Waals surface area (Å²) in [5.41, 5.74) is 0.836. The van der Waals surface area contributed by atoms with Crippen molar-refractivity contribution >= 4 is 5.97 Å². The Balaban J connectivity index is 1.99. The zero-order valence-corrected chi connectivity index (χ0v) is 14.8. The highest BCUT2D eigenvalue weighted by Crippen LogP contribution is 2.66. The van der Waals surface area contributed by atoms with Gasteiger partial charge in [-0.15, -0.1) is 0 Å². The third-order valence-corrected chi connectivity index (χ3v) is 7.01. The van der Waals surface area contributed by atoms with Gasteiger partial charge in [-0.2, -0.15) is 0 Å². The van der Waals surface area contributed by atoms with Gasteiger partial charge in [0.15, 0.2) is 0 Å². The molecule has 2 heteroatoms. The zero-order valence-electron chi connectivity index (χ0n) is 14.8. The van der Waals surface area contributed by atoms with Crippen molar-refractivity contribution < 1.29 is 9.53 Å². The van der Waals surface area contributed by atoms with Crippen LogP contribution in [0.5, 0.6) is 0 Å². The molecule has 0 saturated heterocycles. The average Bonchev–Trinajstić information content (AvgIpc) is 2.43. The monoisotopic (exact) mass is 304 g/mol. The Morgan fingerprint density at radius 3 is 2.14 bits per heavy atom. The van der Waals surface area contributed by atoms with Crippen molar-refractivity contribution in [2.45, 2.75) is 78.2 Å². The molecule has 2 nitrogen and oxygen atoms in total. The first-order valence-electron chi connectivity index (χ1n) is 9.23. The maximum atomic E-state index is 12.4. The van der Waals surface area contributed by atoms with Crippen molar-refractivity contribution in [2.24, 2.45) is 29.1 Å². The van der Waals surface area contributed by atoms with E-state index in [1.165, 1.54) is 32.1 Å². The van der Waals surface area contributed by atoms with Crippen LogP contribution in [0.1, 0.15) is 72.6 Å². The van der Waals surface area contributed by atoms with Crippen molar-refractivity contribution in [1.29, 1.82) is 0 Å². The molecule has 4 saturated carbocycles. The van der Waals surface area contributed by atoms with E-state index in [2.05, 4.69) is 27.4 Å². The molecular formula is C20H32O2. The summed E-state index contributed by atoms with van der Waals surface area (Å²) in [5, 5.41) is 0. The molecule has 0 spiro atoms. The van der Waals surface area contributed by atoms with Crippen molar-refractivity contribution in [3.63, 3.8) is 0 Å². The van der Waals surface area contributed by atoms with Crippen LogP contribution < -0.4 is 0 Å². The maximum Gasteiger partial charge on any atom is 0.333 e. The van der Waals surface area contributed by atoms with Gasteiger partial charge in [0.1, 0.15) is 5.60 Å². The van der Waals surface area contributed by atoms with E-state index >= 15 is 0 Å². The summed E-state index contributed by atoms with van der Waals surface area (Å²) in [7, 11) is 0. The van der Waals surface area contributed by atoms with E-state index in [4.69, 9.17) is 4.74 Å². The van der Waals surface area contributed by atoms with E-state index < -0.39 is 0 Å². The van der Waals surface area contributed by atoms with Crippen LogP contribution >= 0.6 is 0 Å². The van der Waals surface area contributed by atoms with Crippen LogP contribution in [0.25, 0.3) is 0 Å². The molecule has 0 heterocycles. The number of hydrogen-bond acceptors (Lipinski definition) is 2. The van der Waals surface area contributed by atoms with Gasteiger partial charge in [-0.3, -0.25) is 0 Å². The normalized spacial score (nSPS) is 42.7. The average molecular weight is 304 g/mol. The molecule has 0 radical (unpaired) electrons. The van der Waals surface area contributed by atoms with E-state index in [1.807, 2.05) is 0 Å². The summed E-state index contributed by atoms with van der Waals surface area (Å²) in [6.45, 7) is 12.6. The fourth-order valence-electron chi connectivity index (χ4n) is 6.48. The summed E-state index contributed by atoms with van der Waals surface area (Å²) in [5.74, 6) is 2.33. The highest BCUT2D eigenvalue weighted by molar-refractivity contribution is 5.87. The smallest absolute Gasteiger partial charge is 0.333 e. The Morgan fingerprint density at radius 2 is 1.73 bits per heavy atom. The minimum absolute atomic E-state index is 0.162. The molecule has 4 fully saturated rings. The van der Waals surface area contributed by atoms with Gasteiger partial charge in [-0.05, 0) is 69.1 Å². The Hall–Kier alpha value is -0.790. The largest absolute Gasteiger partial charge is 0.455 e. The first kappa shape index (κ1) is 16.1. The summed E-state index contributed by atoms with van der Waals surface area (Å²) >= 11 is 0. The number of esters is 1. The Bertz CT molecular complexity index is 458. The fourth-order valence-corrected chi connectivity index (χ4v) is 6.48. The van der Waals surface area contributed by atoms with Gasteiger partial charge < -0.3 is 4.74 Å². The lowest BCUT2D eigenvalue weighted by atomic mass is 9.42. The molecule has 22 heavy (non-hydrogen) atoms. The molecule has 4 aliphatic rings. The van der Waals surface area contributed by atoms with Crippen LogP contribution in [0.4, 0.5) is 0 Å². The molecule has 4 rings (SSSR count). The molecule has 4 bridgehead atoms. The van der Waals surface area contributed by atoms with Crippen molar-refractivity contribution in [3.05, 3.63) is 12.2 Å². The van der Waals surface area contributed by atoms with E-state index in [0.29, 0.717) is 28.7 Å². The Morgan fingerprint density at radius 1 is 1.18 bits per heavy atom. The first-order valence-corrected chi connectivity index (χ1v) is 9.23. The van der Waals surface area contributed by atoms with Gasteiger partial charge in [0.05, 0.1) is 0 Å². The standard InChI is InChI=1S/C20H32O2/c1-6-15(7-2)20(22-18(21)13(3)4)16-8-14-9-17(20)12-19(5,10-14)11-16/h14-17H,3,6-12H2,1-2,4-5H3. The molecule has 0 aromatic carbocycles. The number of rotatable bonds is 5. The molecule has 0 aromatic heterocycles. The molecule has 4 aliphatic carbocycles. The molecule has 2 unspecified atom stereocenters. The SMILES string of the molecule is C=C(C)C(=O)OC1(C(CC)CC)C2CC3CC1CC(C)(C3)C2. The summed E-state index contributed by atoms with van der Waals surface area (Å²) < 4.78 is 6.33. The molecule has 2 atom stereocenters. The second-order valence-corrected chi connectivity index (χ2v) is 8.69. The topological polar surface area (TPSA) is 26.3 Å². The number of carbonyl (C=O) groups is 1. The molecular weight excluding hydrogens is 272 g/mol. The number of carbonyl (C=O) groups excluding carboxylic acids is 1. The number of ether oxygens (including phenoxy) is 1. The first-order chi connectivity index (χ1) is 10.3. The van der Waals surface area contributed by atoms with E-state index in [0.717, 1.165) is 18.8 Å². The van der Waals surface area contributed by atoms with Gasteiger partial charge in [0.2, 0.25) is 0 Å². The highest BCUT2D eigenvalue weighted by Gasteiger charge is 2.64. The van der Waals surface area contributed by atoms with Gasteiger partial charge in [0.25, 0.3) is 0 Å². The summed E-state index contributed by atoms with van der Waals surface area (Å²) in [4.78, 5) is 12.4. The fraction of sp³-hybridized carbons (Fsp3) is 0.850. The van der Waals surface area contributed by atoms with Crippen molar-refractivity contribution in [2.75, 3.05) is 0 Å². The zero-order chi connectivity index (χ0) is 16.1. The summed E-state index contributed by atoms with van der Waals surface area (Å²) in [6, 6.07) is 0. The Kier molecular flexibility index (Phi) is 3.94. The maximum absolute atomic E-state index is 12.4. The predicted octanol–water partition coefficient (Wildman–Crippen LogP) is 5.13. The minimum atomic E-state index is -0.212. The number of hydrogen-bond donors (Lipinski definition) is 0. The lowest BCUT2D eigenvalue weighted by molar-refractivity contribution is -0.240. The van der Waals surface area contributed by atoms with Crippen LogP contribution in [0.2, 0.25) is 0 Å². The highest BCUT2D eigenvalue weighted by atomic mass is 16.6. The van der Waals surface area contributed by atoms with Crippen LogP contribution in [0, 0.1) is 29.1 Å². The molecule has 0 N–H and O–H groups in total. The van der Waals surface area contributed by atoms with Gasteiger partial charge in [-0.25, -0.2) is 4.79 Å². The lowest BCUT2D eigenvalue weighted by Crippen LogP contribution is -2.65. The third-order valence-electron chi connectivity index (χ3n) is 7.01. The summed E-state index contributed by atoms with van der Waals surface area (Å²) in [6.07, 6.45) is 8.65. The predicted molar refractivity (Wildman–Crippen MR) is 89.4 cm³/mol. The van der Waals surface area contributed by atoms with Gasteiger partial charge >= 0.3 is 5.97 Å². The van der Waals surface area contributed by atoms with Crippen LogP contribution in [0.15, 0.2) is 12.2 Å². The third kappa shape index (κ3) is 2.25. The van der Waals surface area contributed by atoms with E-state index in [1.54, 1.807) is 6.92 Å². The molecule has 124 valence electrons. The van der Waals surface area contributed by atoms with E-state index in [9.17, 15) is 4.79 Å². The van der Waals surface area contributed by atoms with Crippen LogP contribution in [-0.4, -0.2) is 11.6 Å². The molecule has 0 aliphatic heterocycles. The second-order valence-electron chi connectivity index (χ2n) is 8.69. The Labute approximate surface area is 135 Å². The van der Waals surface area contributed by atoms with Crippen LogP contribution in [-0.2, 0) is 9.53 Å². The quantitative estimate of drug-likeness (QED) is 0.520. The molecule has 0 aromatic rings.